The Kier molecular flexibility index (Phi) is 7.16. The van der Waals surface area contributed by atoms with E-state index >= 15 is 0 Å². The summed E-state index contributed by atoms with van der Waals surface area (Å²) in [5.74, 6) is 0.0614. The molecule has 1 atom stereocenters. The lowest BCUT2D eigenvalue weighted by Crippen LogP contribution is -2.36. The Morgan fingerprint density at radius 3 is 2.52 bits per heavy atom. The predicted octanol–water partition coefficient (Wildman–Crippen LogP) is 3.82. The molecule has 0 aliphatic heterocycles. The number of hydrogen-bond donors (Lipinski definition) is 2. The van der Waals surface area contributed by atoms with Crippen LogP contribution in [0.3, 0.4) is 0 Å². The van der Waals surface area contributed by atoms with Crippen molar-refractivity contribution in [1.82, 2.24) is 10.0 Å². The number of benzene rings is 2. The molecule has 0 radical (unpaired) electrons. The molecule has 1 fully saturated rings. The first-order valence-electron chi connectivity index (χ1n) is 9.64. The molecule has 3 rings (SSSR count). The molecule has 6 nitrogen and oxygen atoms in total. The predicted molar refractivity (Wildman–Crippen MR) is 113 cm³/mol. The third-order valence-corrected chi connectivity index (χ3v) is 6.76. The molecule has 0 spiro atoms. The van der Waals surface area contributed by atoms with Gasteiger partial charge in [0, 0.05) is 12.1 Å². The van der Waals surface area contributed by atoms with Gasteiger partial charge < -0.3 is 10.1 Å². The second-order valence-electron chi connectivity index (χ2n) is 7.18. The number of carbonyl (C=O) groups excluding carboxylic acids is 1. The lowest BCUT2D eigenvalue weighted by atomic mass is 10.1. The Morgan fingerprint density at radius 2 is 1.86 bits per heavy atom. The number of hydrogen-bond acceptors (Lipinski definition) is 4. The van der Waals surface area contributed by atoms with Gasteiger partial charge in [-0.3, -0.25) is 4.79 Å². The highest BCUT2D eigenvalue weighted by atomic mass is 35.5. The van der Waals surface area contributed by atoms with E-state index in [-0.39, 0.29) is 34.2 Å². The topological polar surface area (TPSA) is 84.5 Å². The van der Waals surface area contributed by atoms with Crippen molar-refractivity contribution in [2.75, 3.05) is 6.61 Å². The minimum absolute atomic E-state index is 0.0352. The average Bonchev–Trinajstić information content (AvgIpc) is 3.20. The minimum atomic E-state index is -3.76. The molecular weight excluding hydrogens is 412 g/mol. The molecule has 0 saturated heterocycles. The van der Waals surface area contributed by atoms with Crippen LogP contribution >= 0.6 is 11.6 Å². The molecular formula is C21H25ClN2O4S. The van der Waals surface area contributed by atoms with Crippen LogP contribution < -0.4 is 14.8 Å². The van der Waals surface area contributed by atoms with Gasteiger partial charge in [-0.2, -0.15) is 0 Å². The van der Waals surface area contributed by atoms with E-state index in [1.807, 2.05) is 30.3 Å². The third kappa shape index (κ3) is 5.95. The van der Waals surface area contributed by atoms with Crippen LogP contribution in [0.15, 0.2) is 53.4 Å². The molecule has 1 saturated carbocycles. The van der Waals surface area contributed by atoms with E-state index in [4.69, 9.17) is 16.3 Å². The molecule has 2 aromatic rings. The summed E-state index contributed by atoms with van der Waals surface area (Å²) in [5, 5.41) is 3.06. The largest absolute Gasteiger partial charge is 0.482 e. The molecule has 1 unspecified atom stereocenters. The molecule has 1 aliphatic rings. The molecule has 156 valence electrons. The van der Waals surface area contributed by atoms with Crippen LogP contribution in [0, 0.1) is 0 Å². The average molecular weight is 437 g/mol. The first kappa shape index (κ1) is 21.6. The number of nitrogens with one attached hydrogen (secondary N) is 2. The zero-order valence-corrected chi connectivity index (χ0v) is 17.8. The molecule has 2 aromatic carbocycles. The quantitative estimate of drug-likeness (QED) is 0.658. The monoisotopic (exact) mass is 436 g/mol. The number of rotatable bonds is 8. The van der Waals surface area contributed by atoms with Crippen molar-refractivity contribution in [3.8, 4) is 5.75 Å². The summed E-state index contributed by atoms with van der Waals surface area (Å²) in [7, 11) is -3.76. The van der Waals surface area contributed by atoms with Gasteiger partial charge in [-0.1, -0.05) is 54.8 Å². The summed E-state index contributed by atoms with van der Waals surface area (Å²) in [6.07, 6.45) is 4.25. The summed E-state index contributed by atoms with van der Waals surface area (Å²) in [6.45, 7) is 1.61. The van der Waals surface area contributed by atoms with Crippen LogP contribution in [0.4, 0.5) is 0 Å². The van der Waals surface area contributed by atoms with Crippen LogP contribution in [0.25, 0.3) is 0 Å². The highest BCUT2D eigenvalue weighted by Gasteiger charge is 2.21. The second-order valence-corrected chi connectivity index (χ2v) is 9.30. The molecule has 1 amide bonds. The Hall–Kier alpha value is -2.09. The van der Waals surface area contributed by atoms with Gasteiger partial charge in [-0.05, 0) is 43.5 Å². The van der Waals surface area contributed by atoms with Gasteiger partial charge in [0.05, 0.1) is 9.92 Å². The molecule has 2 N–H and O–H groups in total. The summed E-state index contributed by atoms with van der Waals surface area (Å²) in [6, 6.07) is 13.3. The van der Waals surface area contributed by atoms with Crippen molar-refractivity contribution in [3.05, 3.63) is 59.1 Å². The zero-order valence-electron chi connectivity index (χ0n) is 16.2. The van der Waals surface area contributed by atoms with E-state index in [0.717, 1.165) is 31.2 Å². The molecule has 0 aromatic heterocycles. The van der Waals surface area contributed by atoms with E-state index < -0.39 is 16.1 Å². The maximum Gasteiger partial charge on any atom is 0.258 e. The Labute approximate surface area is 176 Å². The SMILES string of the molecule is CC(NS(=O)(=O)c1ccc(OCC(=O)NC2CCCC2)c(Cl)c1)c1ccccc1. The fraction of sp³-hybridized carbons (Fsp3) is 0.381. The van der Waals surface area contributed by atoms with Crippen molar-refractivity contribution in [2.24, 2.45) is 0 Å². The van der Waals surface area contributed by atoms with Gasteiger partial charge in [-0.25, -0.2) is 13.1 Å². The van der Waals surface area contributed by atoms with Crippen molar-refractivity contribution >= 4 is 27.5 Å². The van der Waals surface area contributed by atoms with E-state index in [1.165, 1.54) is 18.2 Å². The van der Waals surface area contributed by atoms with Crippen molar-refractivity contribution in [3.63, 3.8) is 0 Å². The zero-order chi connectivity index (χ0) is 20.9. The van der Waals surface area contributed by atoms with Crippen LogP contribution in [0.5, 0.6) is 5.75 Å². The number of sulfonamides is 1. The molecule has 1 aliphatic carbocycles. The molecule has 29 heavy (non-hydrogen) atoms. The third-order valence-electron chi connectivity index (χ3n) is 4.92. The van der Waals surface area contributed by atoms with Crippen molar-refractivity contribution < 1.29 is 17.9 Å². The van der Waals surface area contributed by atoms with E-state index in [9.17, 15) is 13.2 Å². The van der Waals surface area contributed by atoms with E-state index in [1.54, 1.807) is 6.92 Å². The maximum atomic E-state index is 12.7. The molecule has 0 bridgehead atoms. The summed E-state index contributed by atoms with van der Waals surface area (Å²) in [5.41, 5.74) is 0.857. The van der Waals surface area contributed by atoms with Gasteiger partial charge in [0.25, 0.3) is 5.91 Å². The van der Waals surface area contributed by atoms with Gasteiger partial charge in [0.1, 0.15) is 5.75 Å². The number of amides is 1. The molecule has 0 heterocycles. The van der Waals surface area contributed by atoms with E-state index in [2.05, 4.69) is 10.0 Å². The molecule has 8 heteroatoms. The summed E-state index contributed by atoms with van der Waals surface area (Å²) < 4.78 is 33.4. The van der Waals surface area contributed by atoms with Gasteiger partial charge in [0.15, 0.2) is 6.61 Å². The van der Waals surface area contributed by atoms with Crippen molar-refractivity contribution in [2.45, 2.75) is 49.6 Å². The van der Waals surface area contributed by atoms with Crippen LogP contribution in [0.2, 0.25) is 5.02 Å². The highest BCUT2D eigenvalue weighted by molar-refractivity contribution is 7.89. The van der Waals surface area contributed by atoms with Crippen LogP contribution in [-0.2, 0) is 14.8 Å². The fourth-order valence-electron chi connectivity index (χ4n) is 3.36. The van der Waals surface area contributed by atoms with Crippen LogP contribution in [-0.4, -0.2) is 27.0 Å². The van der Waals surface area contributed by atoms with Gasteiger partial charge >= 0.3 is 0 Å². The van der Waals surface area contributed by atoms with Gasteiger partial charge in [-0.15, -0.1) is 0 Å². The van der Waals surface area contributed by atoms with Crippen molar-refractivity contribution in [1.29, 1.82) is 0 Å². The summed E-state index contributed by atoms with van der Waals surface area (Å²) in [4.78, 5) is 12.0. The second kappa shape index (κ2) is 9.61. The fourth-order valence-corrected chi connectivity index (χ4v) is 4.92. The van der Waals surface area contributed by atoms with Crippen LogP contribution in [0.1, 0.15) is 44.2 Å². The highest BCUT2D eigenvalue weighted by Crippen LogP contribution is 2.28. The number of halogens is 1. The lowest BCUT2D eigenvalue weighted by molar-refractivity contribution is -0.123. The summed E-state index contributed by atoms with van der Waals surface area (Å²) >= 11 is 6.19. The first-order chi connectivity index (χ1) is 13.8. The Morgan fingerprint density at radius 1 is 1.17 bits per heavy atom. The Balaban J connectivity index is 1.61. The number of ether oxygens (including phenoxy) is 1. The normalized spacial score (nSPS) is 15.8. The smallest absolute Gasteiger partial charge is 0.258 e. The first-order valence-corrected chi connectivity index (χ1v) is 11.5. The number of carbonyl (C=O) groups is 1. The maximum absolute atomic E-state index is 12.7. The Bertz CT molecular complexity index is 944. The minimum Gasteiger partial charge on any atom is -0.482 e. The standard InChI is InChI=1S/C21H25ClN2O4S/c1-15(16-7-3-2-4-8-16)24-29(26,27)18-11-12-20(19(22)13-18)28-14-21(25)23-17-9-5-6-10-17/h2-4,7-8,11-13,15,17,24H,5-6,9-10,14H2,1H3,(H,23,25). The van der Waals surface area contributed by atoms with E-state index in [0.29, 0.717) is 0 Å². The lowest BCUT2D eigenvalue weighted by Gasteiger charge is -2.16. The van der Waals surface area contributed by atoms with Gasteiger partial charge in [0.2, 0.25) is 10.0 Å².